The van der Waals surface area contributed by atoms with Crippen LogP contribution in [0.4, 0.5) is 0 Å². The smallest absolute Gasteiger partial charge is 0.277 e. The van der Waals surface area contributed by atoms with Crippen molar-refractivity contribution in [2.24, 2.45) is 14.1 Å². The Hall–Kier alpha value is -2.82. The van der Waals surface area contributed by atoms with Crippen LogP contribution in [0, 0.1) is 13.8 Å². The Kier molecular flexibility index (Phi) is 5.26. The maximum Gasteiger partial charge on any atom is 0.277 e. The second-order valence-corrected chi connectivity index (χ2v) is 6.58. The number of hydrogen-bond acceptors (Lipinski definition) is 2. The SMILES string of the molecule is Cc1cccc(C)c1OC(=O)C([B-]c1n(C)cc[n+]1C)c1ccccc1. The van der Waals surface area contributed by atoms with Crippen molar-refractivity contribution in [2.45, 2.75) is 19.7 Å². The quantitative estimate of drug-likeness (QED) is 0.307. The normalized spacial score (nSPS) is 12.0. The Labute approximate surface area is 155 Å². The molecule has 0 aliphatic rings. The van der Waals surface area contributed by atoms with Crippen LogP contribution in [0.3, 0.4) is 0 Å². The summed E-state index contributed by atoms with van der Waals surface area (Å²) in [5, 5.41) is 0. The molecule has 0 aliphatic carbocycles. The van der Waals surface area contributed by atoms with Crippen LogP contribution in [0.25, 0.3) is 0 Å². The van der Waals surface area contributed by atoms with E-state index in [1.807, 2.05) is 105 Å². The monoisotopic (exact) mass is 346 g/mol. The van der Waals surface area contributed by atoms with E-state index in [0.29, 0.717) is 5.75 Å². The lowest BCUT2D eigenvalue weighted by atomic mass is 9.60. The van der Waals surface area contributed by atoms with Gasteiger partial charge in [0.15, 0.2) is 0 Å². The van der Waals surface area contributed by atoms with Crippen molar-refractivity contribution in [2.75, 3.05) is 0 Å². The Balaban J connectivity index is 1.94. The lowest BCUT2D eigenvalue weighted by Crippen LogP contribution is -2.52. The molecule has 1 aromatic heterocycles. The first kappa shape index (κ1) is 18.0. The minimum absolute atomic E-state index is 0.283. The lowest BCUT2D eigenvalue weighted by molar-refractivity contribution is -0.653. The van der Waals surface area contributed by atoms with E-state index in [4.69, 9.17) is 4.74 Å². The zero-order chi connectivity index (χ0) is 18.7. The van der Waals surface area contributed by atoms with E-state index < -0.39 is 5.82 Å². The van der Waals surface area contributed by atoms with E-state index in [2.05, 4.69) is 0 Å². The van der Waals surface area contributed by atoms with E-state index in [0.717, 1.165) is 22.4 Å². The van der Waals surface area contributed by atoms with Gasteiger partial charge in [0.1, 0.15) is 18.1 Å². The molecule has 0 saturated heterocycles. The summed E-state index contributed by atoms with van der Waals surface area (Å²) in [6.45, 7) is 3.90. The van der Waals surface area contributed by atoms with E-state index in [-0.39, 0.29) is 5.97 Å². The average molecular weight is 346 g/mol. The molecule has 0 saturated carbocycles. The molecule has 0 fully saturated rings. The van der Waals surface area contributed by atoms with Gasteiger partial charge in [0.05, 0.1) is 14.1 Å². The van der Waals surface area contributed by atoms with Crippen LogP contribution in [0.5, 0.6) is 5.75 Å². The Morgan fingerprint density at radius 2 is 1.73 bits per heavy atom. The summed E-state index contributed by atoms with van der Waals surface area (Å²) < 4.78 is 9.81. The van der Waals surface area contributed by atoms with Gasteiger partial charge in [0, 0.05) is 5.72 Å². The number of aromatic nitrogens is 2. The number of aryl methyl sites for hydroxylation is 4. The predicted molar refractivity (Wildman–Crippen MR) is 103 cm³/mol. The fourth-order valence-electron chi connectivity index (χ4n) is 3.07. The number of hydrogen-bond donors (Lipinski definition) is 0. The zero-order valence-corrected chi connectivity index (χ0v) is 15.6. The van der Waals surface area contributed by atoms with E-state index >= 15 is 0 Å². The van der Waals surface area contributed by atoms with Gasteiger partial charge in [-0.2, -0.15) is 7.28 Å². The number of imidazole rings is 1. The largest absolute Gasteiger partial charge is 0.428 e. The Bertz CT molecular complexity index is 879. The number of benzene rings is 2. The third-order valence-electron chi connectivity index (χ3n) is 4.58. The second-order valence-electron chi connectivity index (χ2n) is 6.58. The van der Waals surface area contributed by atoms with Gasteiger partial charge in [-0.05, 0) is 25.0 Å². The highest BCUT2D eigenvalue weighted by Crippen LogP contribution is 2.25. The molecular formula is C21H23BN2O2. The molecule has 0 aliphatic heterocycles. The van der Waals surface area contributed by atoms with Gasteiger partial charge in [0.25, 0.3) is 5.97 Å². The molecule has 3 aromatic rings. The fourth-order valence-corrected chi connectivity index (χ4v) is 3.07. The first-order valence-corrected chi connectivity index (χ1v) is 8.66. The van der Waals surface area contributed by atoms with Crippen molar-refractivity contribution in [3.8, 4) is 5.75 Å². The molecule has 5 heteroatoms. The van der Waals surface area contributed by atoms with Crippen molar-refractivity contribution in [3.05, 3.63) is 77.6 Å². The van der Waals surface area contributed by atoms with Gasteiger partial charge in [-0.1, -0.05) is 59.9 Å². The summed E-state index contributed by atoms with van der Waals surface area (Å²) in [5.41, 5.74) is 3.76. The van der Waals surface area contributed by atoms with Crippen LogP contribution in [-0.2, 0) is 18.9 Å². The van der Waals surface area contributed by atoms with Gasteiger partial charge >= 0.3 is 0 Å². The third kappa shape index (κ3) is 3.72. The minimum Gasteiger partial charge on any atom is -0.428 e. The molecule has 2 aromatic carbocycles. The van der Waals surface area contributed by atoms with Gasteiger partial charge < -0.3 is 4.74 Å². The van der Waals surface area contributed by atoms with Gasteiger partial charge in [-0.15, -0.1) is 0 Å². The molecule has 0 spiro atoms. The number of esters is 1. The lowest BCUT2D eigenvalue weighted by Gasteiger charge is -2.26. The third-order valence-corrected chi connectivity index (χ3v) is 4.58. The molecule has 1 unspecified atom stereocenters. The molecule has 3 rings (SSSR count). The van der Waals surface area contributed by atoms with Crippen LogP contribution in [0.2, 0.25) is 0 Å². The zero-order valence-electron chi connectivity index (χ0n) is 15.6. The van der Waals surface area contributed by atoms with Crippen LogP contribution in [-0.4, -0.2) is 17.8 Å². The Morgan fingerprint density at radius 3 is 2.31 bits per heavy atom. The van der Waals surface area contributed by atoms with E-state index in [9.17, 15) is 4.79 Å². The predicted octanol–water partition coefficient (Wildman–Crippen LogP) is 2.14. The number of carbonyl (C=O) groups excluding carboxylic acids is 1. The molecular weight excluding hydrogens is 323 g/mol. The first-order valence-electron chi connectivity index (χ1n) is 8.66. The van der Waals surface area contributed by atoms with Crippen molar-refractivity contribution >= 4 is 19.0 Å². The number of ether oxygens (including phenoxy) is 1. The molecule has 132 valence electrons. The summed E-state index contributed by atoms with van der Waals surface area (Å²) in [4.78, 5) is 13.1. The number of carbonyl (C=O) groups is 1. The standard InChI is InChI=1S/C21H23BN2O2/c1-15-9-8-10-16(2)19(15)26-20(25)18(17-11-6-5-7-12-17)22-21-23(3)13-14-24(21)4/h5-14,18H,1-4H3. The molecule has 4 nitrogen and oxygen atoms in total. The molecule has 0 bridgehead atoms. The van der Waals surface area contributed by atoms with Crippen molar-refractivity contribution in [1.82, 2.24) is 4.57 Å². The fraction of sp³-hybridized carbons (Fsp3) is 0.238. The summed E-state index contributed by atoms with van der Waals surface area (Å²) >= 11 is 0. The van der Waals surface area contributed by atoms with Crippen LogP contribution >= 0.6 is 0 Å². The maximum atomic E-state index is 13.1. The molecule has 26 heavy (non-hydrogen) atoms. The highest BCUT2D eigenvalue weighted by atomic mass is 16.5. The summed E-state index contributed by atoms with van der Waals surface area (Å²) in [6.07, 6.45) is 3.93. The number of rotatable bonds is 5. The first-order chi connectivity index (χ1) is 12.5. The van der Waals surface area contributed by atoms with Gasteiger partial charge in [-0.3, -0.25) is 13.9 Å². The number of para-hydroxylation sites is 1. The maximum absolute atomic E-state index is 13.1. The number of nitrogens with zero attached hydrogens (tertiary/aromatic N) is 2. The van der Waals surface area contributed by atoms with Crippen molar-refractivity contribution in [1.29, 1.82) is 0 Å². The summed E-state index contributed by atoms with van der Waals surface area (Å²) in [7, 11) is 5.88. The average Bonchev–Trinajstić information content (AvgIpc) is 2.95. The molecule has 0 N–H and O–H groups in total. The van der Waals surface area contributed by atoms with Crippen molar-refractivity contribution < 1.29 is 14.1 Å². The van der Waals surface area contributed by atoms with Crippen molar-refractivity contribution in [3.63, 3.8) is 0 Å². The molecule has 0 amide bonds. The van der Waals surface area contributed by atoms with Crippen LogP contribution in [0.1, 0.15) is 22.5 Å². The van der Waals surface area contributed by atoms with Crippen LogP contribution < -0.4 is 15.0 Å². The highest BCUT2D eigenvalue weighted by Gasteiger charge is 2.18. The summed E-state index contributed by atoms with van der Waals surface area (Å²) in [6, 6.07) is 15.6. The molecule has 1 heterocycles. The summed E-state index contributed by atoms with van der Waals surface area (Å²) in [5.74, 6) is -0.132. The van der Waals surface area contributed by atoms with E-state index in [1.54, 1.807) is 0 Å². The van der Waals surface area contributed by atoms with Gasteiger partial charge in [0.2, 0.25) is 0 Å². The molecule has 2 radical (unpaired) electrons. The molecule has 1 atom stereocenters. The van der Waals surface area contributed by atoms with Crippen LogP contribution in [0.15, 0.2) is 60.9 Å². The topological polar surface area (TPSA) is 35.1 Å². The highest BCUT2D eigenvalue weighted by molar-refractivity contribution is 6.56. The second kappa shape index (κ2) is 7.60. The van der Waals surface area contributed by atoms with E-state index in [1.165, 1.54) is 0 Å². The minimum atomic E-state index is -0.491. The Morgan fingerprint density at radius 1 is 1.08 bits per heavy atom. The van der Waals surface area contributed by atoms with Gasteiger partial charge in [-0.25, -0.2) is 0 Å².